The Morgan fingerprint density at radius 2 is 1.92 bits per heavy atom. The van der Waals surface area contributed by atoms with E-state index in [1.807, 2.05) is 19.1 Å². The van der Waals surface area contributed by atoms with Crippen LogP contribution >= 0.6 is 0 Å². The molecule has 0 aliphatic rings. The Kier molecular flexibility index (Phi) is 2.94. The van der Waals surface area contributed by atoms with Crippen LogP contribution in [0.1, 0.15) is 6.92 Å². The van der Waals surface area contributed by atoms with Gasteiger partial charge in [-0.15, -0.1) is 0 Å². The zero-order chi connectivity index (χ0) is 8.97. The molecular formula is C9H14N2O. The molecule has 4 N–H and O–H groups in total. The molecule has 0 amide bonds. The van der Waals surface area contributed by atoms with Gasteiger partial charge in [0.25, 0.3) is 0 Å². The minimum absolute atomic E-state index is 0.0579. The third-order valence-electron chi connectivity index (χ3n) is 1.39. The van der Waals surface area contributed by atoms with Crippen LogP contribution in [0.15, 0.2) is 24.3 Å². The van der Waals surface area contributed by atoms with Crippen LogP contribution in [0.25, 0.3) is 0 Å². The lowest BCUT2D eigenvalue weighted by molar-refractivity contribution is 0.296. The van der Waals surface area contributed by atoms with Crippen molar-refractivity contribution in [2.75, 3.05) is 12.3 Å². The summed E-state index contributed by atoms with van der Waals surface area (Å²) in [5.74, 6) is 0.807. The van der Waals surface area contributed by atoms with E-state index in [-0.39, 0.29) is 6.04 Å². The molecular weight excluding hydrogens is 152 g/mol. The molecule has 66 valence electrons. The van der Waals surface area contributed by atoms with Crippen molar-refractivity contribution < 1.29 is 4.74 Å². The first-order chi connectivity index (χ1) is 5.68. The van der Waals surface area contributed by atoms with Gasteiger partial charge in [0.05, 0.1) is 0 Å². The van der Waals surface area contributed by atoms with Crippen molar-refractivity contribution in [1.82, 2.24) is 0 Å². The van der Waals surface area contributed by atoms with Gasteiger partial charge in [-0.3, -0.25) is 0 Å². The van der Waals surface area contributed by atoms with Crippen LogP contribution in [0.5, 0.6) is 5.75 Å². The van der Waals surface area contributed by atoms with Crippen molar-refractivity contribution in [1.29, 1.82) is 0 Å². The third kappa shape index (κ3) is 2.80. The van der Waals surface area contributed by atoms with Crippen LogP contribution in [0.2, 0.25) is 0 Å². The van der Waals surface area contributed by atoms with Gasteiger partial charge in [-0.1, -0.05) is 0 Å². The molecule has 0 aliphatic heterocycles. The molecule has 12 heavy (non-hydrogen) atoms. The predicted molar refractivity (Wildman–Crippen MR) is 50.0 cm³/mol. The molecule has 1 atom stereocenters. The first kappa shape index (κ1) is 8.87. The molecule has 0 bridgehead atoms. The highest BCUT2D eigenvalue weighted by Gasteiger charge is 1.95. The molecule has 0 spiro atoms. The number of benzene rings is 1. The molecule has 0 heterocycles. The second-order valence-corrected chi connectivity index (χ2v) is 2.86. The molecule has 0 saturated heterocycles. The number of anilines is 1. The number of hydrogen-bond acceptors (Lipinski definition) is 3. The van der Waals surface area contributed by atoms with E-state index < -0.39 is 0 Å². The molecule has 3 heteroatoms. The fourth-order valence-electron chi connectivity index (χ4n) is 0.792. The third-order valence-corrected chi connectivity index (χ3v) is 1.39. The van der Waals surface area contributed by atoms with Crippen molar-refractivity contribution in [2.45, 2.75) is 13.0 Å². The van der Waals surface area contributed by atoms with Gasteiger partial charge in [0, 0.05) is 11.7 Å². The summed E-state index contributed by atoms with van der Waals surface area (Å²) >= 11 is 0. The maximum Gasteiger partial charge on any atom is 0.119 e. The normalized spacial score (nSPS) is 12.5. The summed E-state index contributed by atoms with van der Waals surface area (Å²) in [6.45, 7) is 2.43. The molecule has 0 saturated carbocycles. The monoisotopic (exact) mass is 166 g/mol. The summed E-state index contributed by atoms with van der Waals surface area (Å²) < 4.78 is 5.34. The molecule has 1 aromatic rings. The quantitative estimate of drug-likeness (QED) is 0.658. The molecule has 1 aromatic carbocycles. The van der Waals surface area contributed by atoms with E-state index in [4.69, 9.17) is 16.2 Å². The Morgan fingerprint density at radius 1 is 1.33 bits per heavy atom. The van der Waals surface area contributed by atoms with E-state index in [0.29, 0.717) is 6.61 Å². The van der Waals surface area contributed by atoms with Gasteiger partial charge in [0.1, 0.15) is 12.4 Å². The summed E-state index contributed by atoms with van der Waals surface area (Å²) in [6.07, 6.45) is 0. The van der Waals surface area contributed by atoms with E-state index >= 15 is 0 Å². The second kappa shape index (κ2) is 3.97. The Balaban J connectivity index is 2.48. The zero-order valence-corrected chi connectivity index (χ0v) is 7.16. The largest absolute Gasteiger partial charge is 0.492 e. The first-order valence-corrected chi connectivity index (χ1v) is 3.92. The highest BCUT2D eigenvalue weighted by Crippen LogP contribution is 2.12. The standard InChI is InChI=1S/C9H14N2O/c1-7(10)6-12-9-4-2-8(11)3-5-9/h2-5,7H,6,10-11H2,1H3/t7-/m0/s1. The van der Waals surface area contributed by atoms with E-state index in [9.17, 15) is 0 Å². The van der Waals surface area contributed by atoms with Crippen LogP contribution in [0, 0.1) is 0 Å². The number of nitrogen functional groups attached to an aromatic ring is 1. The molecule has 0 aliphatic carbocycles. The number of nitrogens with two attached hydrogens (primary N) is 2. The first-order valence-electron chi connectivity index (χ1n) is 3.92. The second-order valence-electron chi connectivity index (χ2n) is 2.86. The Bertz CT molecular complexity index is 231. The topological polar surface area (TPSA) is 61.3 Å². The average molecular weight is 166 g/mol. The van der Waals surface area contributed by atoms with E-state index in [1.165, 1.54) is 0 Å². The molecule has 0 radical (unpaired) electrons. The lowest BCUT2D eigenvalue weighted by atomic mass is 10.3. The van der Waals surface area contributed by atoms with Gasteiger partial charge in [-0.2, -0.15) is 0 Å². The molecule has 1 rings (SSSR count). The van der Waals surface area contributed by atoms with Gasteiger partial charge >= 0.3 is 0 Å². The molecule has 0 fully saturated rings. The lowest BCUT2D eigenvalue weighted by Crippen LogP contribution is -2.23. The van der Waals surface area contributed by atoms with Crippen molar-refractivity contribution in [3.05, 3.63) is 24.3 Å². The van der Waals surface area contributed by atoms with E-state index in [2.05, 4.69) is 0 Å². The van der Waals surface area contributed by atoms with Gasteiger partial charge in [0.2, 0.25) is 0 Å². The fourth-order valence-corrected chi connectivity index (χ4v) is 0.792. The summed E-state index contributed by atoms with van der Waals surface area (Å²) in [7, 11) is 0. The van der Waals surface area contributed by atoms with E-state index in [0.717, 1.165) is 11.4 Å². The number of ether oxygens (including phenoxy) is 1. The SMILES string of the molecule is C[C@H](N)COc1ccc(N)cc1. The summed E-state index contributed by atoms with van der Waals surface area (Å²) in [5.41, 5.74) is 11.8. The number of rotatable bonds is 3. The number of hydrogen-bond donors (Lipinski definition) is 2. The highest BCUT2D eigenvalue weighted by molar-refractivity contribution is 5.41. The Morgan fingerprint density at radius 3 is 2.42 bits per heavy atom. The van der Waals surface area contributed by atoms with Crippen molar-refractivity contribution in [3.8, 4) is 5.75 Å². The Hall–Kier alpha value is -1.22. The van der Waals surface area contributed by atoms with Crippen LogP contribution in [0.4, 0.5) is 5.69 Å². The minimum Gasteiger partial charge on any atom is -0.492 e. The smallest absolute Gasteiger partial charge is 0.119 e. The van der Waals surface area contributed by atoms with Gasteiger partial charge in [-0.05, 0) is 31.2 Å². The van der Waals surface area contributed by atoms with Crippen LogP contribution in [-0.4, -0.2) is 12.6 Å². The molecule has 3 nitrogen and oxygen atoms in total. The van der Waals surface area contributed by atoms with Crippen molar-refractivity contribution >= 4 is 5.69 Å². The van der Waals surface area contributed by atoms with Crippen molar-refractivity contribution in [2.24, 2.45) is 5.73 Å². The van der Waals surface area contributed by atoms with Gasteiger partial charge in [0.15, 0.2) is 0 Å². The molecule has 0 aromatic heterocycles. The van der Waals surface area contributed by atoms with Crippen LogP contribution in [-0.2, 0) is 0 Å². The van der Waals surface area contributed by atoms with Crippen molar-refractivity contribution in [3.63, 3.8) is 0 Å². The minimum atomic E-state index is 0.0579. The zero-order valence-electron chi connectivity index (χ0n) is 7.16. The maximum absolute atomic E-state index is 5.52. The fraction of sp³-hybridized carbons (Fsp3) is 0.333. The van der Waals surface area contributed by atoms with Crippen LogP contribution in [0.3, 0.4) is 0 Å². The highest BCUT2D eigenvalue weighted by atomic mass is 16.5. The van der Waals surface area contributed by atoms with E-state index in [1.54, 1.807) is 12.1 Å². The maximum atomic E-state index is 5.52. The Labute approximate surface area is 72.3 Å². The summed E-state index contributed by atoms with van der Waals surface area (Å²) in [6, 6.07) is 7.32. The van der Waals surface area contributed by atoms with Crippen LogP contribution < -0.4 is 16.2 Å². The summed E-state index contributed by atoms with van der Waals surface area (Å²) in [5, 5.41) is 0. The summed E-state index contributed by atoms with van der Waals surface area (Å²) in [4.78, 5) is 0. The average Bonchev–Trinajstić information content (AvgIpc) is 2.03. The molecule has 0 unspecified atom stereocenters. The van der Waals surface area contributed by atoms with Gasteiger partial charge in [-0.25, -0.2) is 0 Å². The predicted octanol–water partition coefficient (Wildman–Crippen LogP) is 0.995. The lowest BCUT2D eigenvalue weighted by Gasteiger charge is -2.08. The van der Waals surface area contributed by atoms with Gasteiger partial charge < -0.3 is 16.2 Å².